The third kappa shape index (κ3) is 4.57. The Morgan fingerprint density at radius 1 is 1.07 bits per heavy atom. The van der Waals surface area contributed by atoms with Gasteiger partial charge in [0.25, 0.3) is 5.91 Å². The summed E-state index contributed by atoms with van der Waals surface area (Å²) < 4.78 is 5.03. The average Bonchev–Trinajstić information content (AvgIpc) is 2.74. The van der Waals surface area contributed by atoms with Crippen molar-refractivity contribution in [2.24, 2.45) is 0 Å². The summed E-state index contributed by atoms with van der Waals surface area (Å²) in [6.07, 6.45) is 3.63. The SMILES string of the molecule is CCOC(=O)N1CCN(c2cnc(C(=O)Nc3ccccc3CC)cn2)CC1. The molecule has 8 nitrogen and oxygen atoms in total. The number of rotatable bonds is 5. The Morgan fingerprint density at radius 3 is 2.46 bits per heavy atom. The number of hydrogen-bond acceptors (Lipinski definition) is 6. The minimum atomic E-state index is -0.285. The molecule has 1 aromatic carbocycles. The van der Waals surface area contributed by atoms with Crippen LogP contribution in [0.2, 0.25) is 0 Å². The molecule has 0 aliphatic carbocycles. The fourth-order valence-electron chi connectivity index (χ4n) is 3.07. The molecule has 3 rings (SSSR count). The van der Waals surface area contributed by atoms with Crippen LogP contribution in [0.5, 0.6) is 0 Å². The summed E-state index contributed by atoms with van der Waals surface area (Å²) in [5, 5.41) is 2.89. The number of aryl methyl sites for hydroxylation is 1. The molecule has 0 unspecified atom stereocenters. The quantitative estimate of drug-likeness (QED) is 0.854. The van der Waals surface area contributed by atoms with Gasteiger partial charge in [0.15, 0.2) is 0 Å². The summed E-state index contributed by atoms with van der Waals surface area (Å²) in [4.78, 5) is 36.6. The van der Waals surface area contributed by atoms with E-state index in [1.165, 1.54) is 6.20 Å². The van der Waals surface area contributed by atoms with Gasteiger partial charge in [-0.1, -0.05) is 25.1 Å². The second kappa shape index (κ2) is 9.16. The van der Waals surface area contributed by atoms with E-state index in [-0.39, 0.29) is 17.7 Å². The molecule has 2 aromatic rings. The van der Waals surface area contributed by atoms with E-state index in [0.717, 1.165) is 17.7 Å². The monoisotopic (exact) mass is 383 g/mol. The molecular weight excluding hydrogens is 358 g/mol. The van der Waals surface area contributed by atoms with Crippen LogP contribution in [-0.4, -0.2) is 59.7 Å². The second-order valence-electron chi connectivity index (χ2n) is 6.40. The lowest BCUT2D eigenvalue weighted by Crippen LogP contribution is -2.49. The number of piperazine rings is 1. The maximum Gasteiger partial charge on any atom is 0.409 e. The summed E-state index contributed by atoms with van der Waals surface area (Å²) in [7, 11) is 0. The number of hydrogen-bond donors (Lipinski definition) is 1. The third-order valence-electron chi connectivity index (χ3n) is 4.65. The van der Waals surface area contributed by atoms with Gasteiger partial charge in [-0.15, -0.1) is 0 Å². The highest BCUT2D eigenvalue weighted by molar-refractivity contribution is 6.03. The van der Waals surface area contributed by atoms with E-state index >= 15 is 0 Å². The van der Waals surface area contributed by atoms with Crippen LogP contribution in [0.1, 0.15) is 29.9 Å². The minimum absolute atomic E-state index is 0.264. The summed E-state index contributed by atoms with van der Waals surface area (Å²) in [5.41, 5.74) is 2.12. The molecular formula is C20H25N5O3. The molecule has 2 amide bonds. The fourth-order valence-corrected chi connectivity index (χ4v) is 3.07. The van der Waals surface area contributed by atoms with Crippen molar-refractivity contribution in [2.45, 2.75) is 20.3 Å². The Labute approximate surface area is 164 Å². The van der Waals surface area contributed by atoms with Gasteiger partial charge in [0.2, 0.25) is 0 Å². The molecule has 0 spiro atoms. The van der Waals surface area contributed by atoms with E-state index in [2.05, 4.69) is 15.3 Å². The molecule has 2 heterocycles. The highest BCUT2D eigenvalue weighted by atomic mass is 16.6. The molecule has 148 valence electrons. The number of anilines is 2. The van der Waals surface area contributed by atoms with E-state index in [9.17, 15) is 9.59 Å². The standard InChI is InChI=1S/C20H25N5O3/c1-3-15-7-5-6-8-16(15)23-19(26)17-13-22-18(14-21-17)24-9-11-25(12-10-24)20(27)28-4-2/h5-8,13-14H,3-4,9-12H2,1-2H3,(H,23,26). The normalized spacial score (nSPS) is 13.9. The van der Waals surface area contributed by atoms with Crippen molar-refractivity contribution < 1.29 is 14.3 Å². The van der Waals surface area contributed by atoms with Crippen LogP contribution in [0.4, 0.5) is 16.3 Å². The van der Waals surface area contributed by atoms with Crippen molar-refractivity contribution >= 4 is 23.5 Å². The molecule has 0 bridgehead atoms. The van der Waals surface area contributed by atoms with Crippen molar-refractivity contribution in [2.75, 3.05) is 43.0 Å². The maximum absolute atomic E-state index is 12.5. The summed E-state index contributed by atoms with van der Waals surface area (Å²) >= 11 is 0. The van der Waals surface area contributed by atoms with Crippen molar-refractivity contribution in [3.8, 4) is 0 Å². The number of nitrogens with zero attached hydrogens (tertiary/aromatic N) is 4. The highest BCUT2D eigenvalue weighted by Crippen LogP contribution is 2.17. The first-order chi connectivity index (χ1) is 13.6. The van der Waals surface area contributed by atoms with Gasteiger partial charge in [-0.2, -0.15) is 0 Å². The lowest BCUT2D eigenvalue weighted by Gasteiger charge is -2.34. The van der Waals surface area contributed by atoms with E-state index < -0.39 is 0 Å². The number of aromatic nitrogens is 2. The van der Waals surface area contributed by atoms with Crippen LogP contribution < -0.4 is 10.2 Å². The maximum atomic E-state index is 12.5. The zero-order valence-corrected chi connectivity index (χ0v) is 16.2. The van der Waals surface area contributed by atoms with Crippen LogP contribution >= 0.6 is 0 Å². The zero-order valence-electron chi connectivity index (χ0n) is 16.2. The number of carbonyl (C=O) groups is 2. The van der Waals surface area contributed by atoms with E-state index in [4.69, 9.17) is 4.74 Å². The van der Waals surface area contributed by atoms with Crippen LogP contribution in [0.25, 0.3) is 0 Å². The largest absolute Gasteiger partial charge is 0.450 e. The van der Waals surface area contributed by atoms with E-state index in [1.807, 2.05) is 36.1 Å². The molecule has 1 aliphatic rings. The molecule has 1 saturated heterocycles. The summed E-state index contributed by atoms with van der Waals surface area (Å²) in [5.74, 6) is 0.404. The molecule has 1 aliphatic heterocycles. The van der Waals surface area contributed by atoms with E-state index in [0.29, 0.717) is 38.6 Å². The predicted molar refractivity (Wildman–Crippen MR) is 107 cm³/mol. The number of para-hydroxylation sites is 1. The van der Waals surface area contributed by atoms with Crippen LogP contribution in [0.3, 0.4) is 0 Å². The van der Waals surface area contributed by atoms with E-state index in [1.54, 1.807) is 18.0 Å². The van der Waals surface area contributed by atoms with Gasteiger partial charge in [-0.05, 0) is 25.0 Å². The Balaban J connectivity index is 1.59. The van der Waals surface area contributed by atoms with Gasteiger partial charge in [0.05, 0.1) is 19.0 Å². The Morgan fingerprint density at radius 2 is 1.82 bits per heavy atom. The molecule has 8 heteroatoms. The van der Waals surface area contributed by atoms with Gasteiger partial charge < -0.3 is 19.9 Å². The molecule has 1 N–H and O–H groups in total. The van der Waals surface area contributed by atoms with Gasteiger partial charge in [-0.25, -0.2) is 14.8 Å². The third-order valence-corrected chi connectivity index (χ3v) is 4.65. The van der Waals surface area contributed by atoms with Crippen LogP contribution in [0.15, 0.2) is 36.7 Å². The Hall–Kier alpha value is -3.16. The first kappa shape index (κ1) is 19.6. The first-order valence-electron chi connectivity index (χ1n) is 9.50. The molecule has 28 heavy (non-hydrogen) atoms. The van der Waals surface area contributed by atoms with Crippen LogP contribution in [-0.2, 0) is 11.2 Å². The summed E-state index contributed by atoms with van der Waals surface area (Å²) in [6, 6.07) is 7.70. The Kier molecular flexibility index (Phi) is 6.41. The van der Waals surface area contributed by atoms with Gasteiger partial charge in [-0.3, -0.25) is 4.79 Å². The van der Waals surface area contributed by atoms with Crippen molar-refractivity contribution in [3.63, 3.8) is 0 Å². The zero-order chi connectivity index (χ0) is 19.9. The lowest BCUT2D eigenvalue weighted by molar-refractivity contribution is 0.101. The minimum Gasteiger partial charge on any atom is -0.450 e. The van der Waals surface area contributed by atoms with Gasteiger partial charge >= 0.3 is 6.09 Å². The topological polar surface area (TPSA) is 87.7 Å². The van der Waals surface area contributed by atoms with Crippen molar-refractivity contribution in [1.82, 2.24) is 14.9 Å². The van der Waals surface area contributed by atoms with Crippen molar-refractivity contribution in [1.29, 1.82) is 0 Å². The fraction of sp³-hybridized carbons (Fsp3) is 0.400. The Bertz CT molecular complexity index is 817. The molecule has 0 saturated carbocycles. The number of ether oxygens (including phenoxy) is 1. The van der Waals surface area contributed by atoms with Crippen LogP contribution in [0, 0.1) is 0 Å². The highest BCUT2D eigenvalue weighted by Gasteiger charge is 2.23. The first-order valence-corrected chi connectivity index (χ1v) is 9.50. The number of nitrogens with one attached hydrogen (secondary N) is 1. The van der Waals surface area contributed by atoms with Crippen molar-refractivity contribution in [3.05, 3.63) is 47.9 Å². The molecule has 1 fully saturated rings. The lowest BCUT2D eigenvalue weighted by atomic mass is 10.1. The average molecular weight is 383 g/mol. The van der Waals surface area contributed by atoms with Gasteiger partial charge in [0.1, 0.15) is 11.5 Å². The smallest absolute Gasteiger partial charge is 0.409 e. The molecule has 0 radical (unpaired) electrons. The van der Waals surface area contributed by atoms with Gasteiger partial charge in [0, 0.05) is 31.9 Å². The number of carbonyl (C=O) groups excluding carboxylic acids is 2. The predicted octanol–water partition coefficient (Wildman–Crippen LogP) is 2.57. The second-order valence-corrected chi connectivity index (χ2v) is 6.40. The molecule has 1 aromatic heterocycles. The number of amides is 2. The molecule has 0 atom stereocenters. The summed E-state index contributed by atoms with van der Waals surface area (Å²) in [6.45, 7) is 6.62. The number of benzene rings is 1.